The number of fused-ring (bicyclic) bond motifs is 1. The van der Waals surface area contributed by atoms with Crippen molar-refractivity contribution in [1.82, 2.24) is 14.7 Å². The van der Waals surface area contributed by atoms with E-state index in [1.807, 2.05) is 0 Å². The van der Waals surface area contributed by atoms with Crippen molar-refractivity contribution in [1.29, 1.82) is 0 Å². The van der Waals surface area contributed by atoms with Crippen LogP contribution in [0.1, 0.15) is 43.3 Å². The van der Waals surface area contributed by atoms with Crippen molar-refractivity contribution in [3.63, 3.8) is 0 Å². The van der Waals surface area contributed by atoms with E-state index >= 15 is 0 Å². The molecule has 10 heteroatoms. The molecule has 212 valence electrons. The lowest BCUT2D eigenvalue weighted by molar-refractivity contribution is -0.137. The molecule has 41 heavy (non-hydrogen) atoms. The number of hydrogen-bond acceptors (Lipinski definition) is 6. The topological polar surface area (TPSA) is 107 Å². The van der Waals surface area contributed by atoms with Gasteiger partial charge in [-0.05, 0) is 67.8 Å². The molecule has 0 saturated carbocycles. The highest BCUT2D eigenvalue weighted by Gasteiger charge is 2.15. The third kappa shape index (κ3) is 7.70. The summed E-state index contributed by atoms with van der Waals surface area (Å²) in [6.07, 6.45) is 5.32. The molecule has 0 aliphatic heterocycles. The lowest BCUT2D eigenvalue weighted by Gasteiger charge is -2.14. The summed E-state index contributed by atoms with van der Waals surface area (Å²) < 4.78 is 39.2. The van der Waals surface area contributed by atoms with E-state index in [2.05, 4.69) is 11.7 Å². The van der Waals surface area contributed by atoms with E-state index < -0.39 is 11.8 Å². The summed E-state index contributed by atoms with van der Waals surface area (Å²) in [5, 5.41) is 13.4. The number of aryl methyl sites for hydroxylation is 1. The van der Waals surface area contributed by atoms with Crippen molar-refractivity contribution in [2.75, 3.05) is 0 Å². The number of nitrogens with zero attached hydrogens (tertiary/aromatic N) is 3. The predicted octanol–water partition coefficient (Wildman–Crippen LogP) is 6.61. The van der Waals surface area contributed by atoms with Crippen LogP contribution in [-0.4, -0.2) is 25.8 Å². The Morgan fingerprint density at radius 2 is 1.98 bits per heavy atom. The molecule has 0 fully saturated rings. The van der Waals surface area contributed by atoms with Gasteiger partial charge in [-0.1, -0.05) is 29.9 Å². The summed E-state index contributed by atoms with van der Waals surface area (Å²) in [6, 6.07) is 12.9. The first-order valence-electron chi connectivity index (χ1n) is 13.0. The van der Waals surface area contributed by atoms with E-state index in [0.717, 1.165) is 0 Å². The fourth-order valence-corrected chi connectivity index (χ4v) is 4.23. The van der Waals surface area contributed by atoms with Crippen LogP contribution < -0.4 is 5.56 Å². The second kappa shape index (κ2) is 13.6. The number of carboxylic acids is 1. The van der Waals surface area contributed by atoms with Crippen LogP contribution in [0.5, 0.6) is 0 Å². The number of carboxylic acid groups (broad SMARTS) is 1. The summed E-state index contributed by atoms with van der Waals surface area (Å²) >= 11 is 0. The van der Waals surface area contributed by atoms with Gasteiger partial charge >= 0.3 is 5.97 Å². The fourth-order valence-electron chi connectivity index (χ4n) is 4.23. The number of ether oxygens (including phenoxy) is 1. The molecule has 4 rings (SSSR count). The minimum absolute atomic E-state index is 0.00363. The van der Waals surface area contributed by atoms with Crippen molar-refractivity contribution < 1.29 is 27.9 Å². The van der Waals surface area contributed by atoms with E-state index in [9.17, 15) is 18.4 Å². The molecule has 2 aromatic heterocycles. The monoisotopic (exact) mass is 561 g/mol. The highest BCUT2D eigenvalue weighted by molar-refractivity contribution is 5.84. The second-order valence-electron chi connectivity index (χ2n) is 9.35. The number of aromatic nitrogens is 3. The largest absolute Gasteiger partial charge is 0.481 e. The molecular formula is C31H29F2N3O5. The first-order valence-corrected chi connectivity index (χ1v) is 13.0. The first kappa shape index (κ1) is 29.3. The van der Waals surface area contributed by atoms with Gasteiger partial charge in [-0.25, -0.2) is 13.8 Å². The van der Waals surface area contributed by atoms with Gasteiger partial charge in [0.25, 0.3) is 5.56 Å². The van der Waals surface area contributed by atoms with Crippen molar-refractivity contribution in [2.24, 2.45) is 0 Å². The first-order chi connectivity index (χ1) is 19.7. The van der Waals surface area contributed by atoms with Crippen LogP contribution in [0.2, 0.25) is 0 Å². The van der Waals surface area contributed by atoms with Crippen LogP contribution >= 0.6 is 0 Å². The van der Waals surface area contributed by atoms with E-state index in [-0.39, 0.29) is 31.0 Å². The molecule has 2 aromatic carbocycles. The van der Waals surface area contributed by atoms with E-state index in [1.165, 1.54) is 41.9 Å². The number of hydrogen-bond donors (Lipinski definition) is 1. The number of rotatable bonds is 13. The standard InChI is InChI=1S/C31H29F2N3O5/c1-3-24(13-11-20(2)32)36-29(9-4-5-10-30(37)38)34-28-16-22(12-14-26(28)31(36)39)27-17-25(41-35-27)19-40-18-21-7-6-8-23(33)15-21/h3,6-8,11-17H,1,4-5,9-10,18-19H2,2H3,(H,37,38). The highest BCUT2D eigenvalue weighted by atomic mass is 19.1. The van der Waals surface area contributed by atoms with E-state index in [4.69, 9.17) is 19.4 Å². The number of unbranched alkanes of at least 4 members (excludes halogenated alkanes) is 1. The highest BCUT2D eigenvalue weighted by Crippen LogP contribution is 2.24. The van der Waals surface area contributed by atoms with Crippen molar-refractivity contribution >= 4 is 22.6 Å². The Morgan fingerprint density at radius 3 is 2.71 bits per heavy atom. The number of carbonyl (C=O) groups is 1. The lowest BCUT2D eigenvalue weighted by atomic mass is 10.1. The summed E-state index contributed by atoms with van der Waals surface area (Å²) in [5.41, 5.74) is 2.27. The molecule has 0 radical (unpaired) electrons. The third-order valence-corrected chi connectivity index (χ3v) is 6.19. The molecule has 0 saturated heterocycles. The quantitative estimate of drug-likeness (QED) is 0.145. The summed E-state index contributed by atoms with van der Waals surface area (Å²) in [5.74, 6) is -0.814. The molecule has 0 amide bonds. The van der Waals surface area contributed by atoms with Crippen molar-refractivity contribution in [3.05, 3.63) is 112 Å². The Balaban J connectivity index is 1.62. The van der Waals surface area contributed by atoms with Crippen molar-refractivity contribution in [2.45, 2.75) is 45.8 Å². The van der Waals surface area contributed by atoms with Gasteiger partial charge in [-0.2, -0.15) is 0 Å². The zero-order valence-electron chi connectivity index (χ0n) is 22.5. The van der Waals surface area contributed by atoms with Crippen LogP contribution in [-0.2, 0) is 29.2 Å². The molecule has 0 unspecified atom stereocenters. The van der Waals surface area contributed by atoms with Crippen LogP contribution in [0.4, 0.5) is 8.78 Å². The Labute approximate surface area is 234 Å². The summed E-state index contributed by atoms with van der Waals surface area (Å²) in [6.45, 7) is 5.39. The Bertz CT molecular complexity index is 1680. The molecule has 2 heterocycles. The van der Waals surface area contributed by atoms with Gasteiger partial charge < -0.3 is 14.4 Å². The van der Waals surface area contributed by atoms with E-state index in [1.54, 1.807) is 36.4 Å². The number of aliphatic carboxylic acids is 1. The lowest BCUT2D eigenvalue weighted by Crippen LogP contribution is -2.24. The average Bonchev–Trinajstić information content (AvgIpc) is 3.41. The van der Waals surface area contributed by atoms with Crippen LogP contribution in [0.25, 0.3) is 27.9 Å². The normalized spacial score (nSPS) is 12.2. The Kier molecular flexibility index (Phi) is 9.70. The molecule has 0 aliphatic rings. The maximum atomic E-state index is 13.6. The van der Waals surface area contributed by atoms with Crippen LogP contribution in [0, 0.1) is 5.82 Å². The Hall–Kier alpha value is -4.70. The molecule has 0 aliphatic carbocycles. The van der Waals surface area contributed by atoms with Crippen molar-refractivity contribution in [3.8, 4) is 11.3 Å². The zero-order valence-corrected chi connectivity index (χ0v) is 22.5. The Morgan fingerprint density at radius 1 is 1.15 bits per heavy atom. The summed E-state index contributed by atoms with van der Waals surface area (Å²) in [4.78, 5) is 29.3. The number of halogens is 2. The van der Waals surface area contributed by atoms with Crippen LogP contribution in [0.15, 0.2) is 88.5 Å². The fraction of sp³-hybridized carbons (Fsp3) is 0.226. The van der Waals surface area contributed by atoms with E-state index in [0.29, 0.717) is 64.3 Å². The maximum Gasteiger partial charge on any atom is 0.303 e. The van der Waals surface area contributed by atoms with Gasteiger partial charge in [0.2, 0.25) is 0 Å². The van der Waals surface area contributed by atoms with Gasteiger partial charge in [-0.15, -0.1) is 0 Å². The smallest absolute Gasteiger partial charge is 0.303 e. The van der Waals surface area contributed by atoms with Crippen LogP contribution in [0.3, 0.4) is 0 Å². The van der Waals surface area contributed by atoms with Gasteiger partial charge in [0.15, 0.2) is 5.76 Å². The SMILES string of the molecule is C=CC(=CC=C(C)F)n1c(CCCCC(=O)O)nc2cc(-c3cc(COCc4cccc(F)c4)on3)ccc2c1=O. The third-order valence-electron chi connectivity index (χ3n) is 6.19. The van der Waals surface area contributed by atoms with Gasteiger partial charge in [-0.3, -0.25) is 14.2 Å². The molecule has 1 N–H and O–H groups in total. The summed E-state index contributed by atoms with van der Waals surface area (Å²) in [7, 11) is 0. The minimum atomic E-state index is -0.903. The maximum absolute atomic E-state index is 13.6. The van der Waals surface area contributed by atoms with Gasteiger partial charge in [0, 0.05) is 30.2 Å². The second-order valence-corrected chi connectivity index (χ2v) is 9.35. The predicted molar refractivity (Wildman–Crippen MR) is 151 cm³/mol. The number of benzene rings is 2. The molecular weight excluding hydrogens is 532 g/mol. The molecule has 0 atom stereocenters. The molecule has 4 aromatic rings. The minimum Gasteiger partial charge on any atom is -0.481 e. The van der Waals surface area contributed by atoms with Gasteiger partial charge in [0.05, 0.1) is 23.3 Å². The molecule has 0 spiro atoms. The molecule has 0 bridgehead atoms. The average molecular weight is 562 g/mol. The molecule has 8 nitrogen and oxygen atoms in total. The number of allylic oxidation sites excluding steroid dienone is 5. The zero-order chi connectivity index (χ0) is 29.4. The van der Waals surface area contributed by atoms with Gasteiger partial charge in [0.1, 0.15) is 23.9 Å².